The summed E-state index contributed by atoms with van der Waals surface area (Å²) in [4.78, 5) is 22.0. The van der Waals surface area contributed by atoms with Gasteiger partial charge in [0, 0.05) is 11.4 Å². The van der Waals surface area contributed by atoms with Gasteiger partial charge in [0.2, 0.25) is 0 Å². The average Bonchev–Trinajstić information content (AvgIpc) is 2.55. The van der Waals surface area contributed by atoms with Crippen molar-refractivity contribution in [2.45, 2.75) is 6.42 Å². The van der Waals surface area contributed by atoms with Crippen molar-refractivity contribution in [3.8, 4) is 0 Å². The molecule has 0 radical (unpaired) electrons. The highest BCUT2D eigenvalue weighted by Crippen LogP contribution is 2.20. The molecule has 2 rings (SSSR count). The van der Waals surface area contributed by atoms with Crippen LogP contribution in [0.15, 0.2) is 64.8 Å². The van der Waals surface area contributed by atoms with Crippen LogP contribution in [-0.4, -0.2) is 22.1 Å². The van der Waals surface area contributed by atoms with Gasteiger partial charge in [-0.05, 0) is 36.4 Å². The Morgan fingerprint density at radius 1 is 0.957 bits per heavy atom. The number of carbonyl (C=O) groups excluding carboxylic acids is 1. The molecule has 118 valence electrons. The molecule has 2 aromatic rings. The van der Waals surface area contributed by atoms with Crippen LogP contribution in [0.3, 0.4) is 0 Å². The quantitative estimate of drug-likeness (QED) is 0.742. The predicted octanol–water partition coefficient (Wildman–Crippen LogP) is 4.84. The number of amides is 1. The molecule has 2 aromatic carbocycles. The summed E-state index contributed by atoms with van der Waals surface area (Å²) in [6, 6.07) is 16.3. The molecule has 0 fully saturated rings. The number of aliphatic carboxylic acids is 1. The Bertz CT molecular complexity index is 687. The van der Waals surface area contributed by atoms with Gasteiger partial charge in [-0.1, -0.05) is 30.0 Å². The number of hydrogen-bond donors (Lipinski definition) is 2. The van der Waals surface area contributed by atoms with Crippen molar-refractivity contribution in [2.75, 3.05) is 11.1 Å². The third kappa shape index (κ3) is 6.31. The number of nitrogens with one attached hydrogen (secondary N) is 1. The maximum atomic E-state index is 11.6. The third-order valence-electron chi connectivity index (χ3n) is 2.70. The minimum absolute atomic E-state index is 0.0447. The number of hydrogen-bond acceptors (Lipinski definition) is 5. The average molecular weight is 329 g/mol. The fourth-order valence-corrected chi connectivity index (χ4v) is 2.26. The number of carbonyl (C=O) groups is 2. The van der Waals surface area contributed by atoms with Gasteiger partial charge < -0.3 is 10.4 Å². The Morgan fingerprint density at radius 3 is 2.17 bits per heavy atom. The van der Waals surface area contributed by atoms with Crippen LogP contribution >= 0.6 is 11.8 Å². The molecule has 0 saturated heterocycles. The SMILES string of the molecule is O=C(O)CCSC(=O)Nc1ccc(N=Nc2ccccc2)cc1. The van der Waals surface area contributed by atoms with E-state index in [0.29, 0.717) is 11.4 Å². The number of rotatable bonds is 6. The van der Waals surface area contributed by atoms with Gasteiger partial charge in [0.05, 0.1) is 17.8 Å². The molecule has 0 heterocycles. The minimum atomic E-state index is -0.918. The van der Waals surface area contributed by atoms with Crippen molar-refractivity contribution in [2.24, 2.45) is 10.2 Å². The second kappa shape index (κ2) is 8.70. The van der Waals surface area contributed by atoms with Crippen molar-refractivity contribution < 1.29 is 14.7 Å². The lowest BCUT2D eigenvalue weighted by molar-refractivity contribution is -0.136. The van der Waals surface area contributed by atoms with Crippen molar-refractivity contribution in [1.82, 2.24) is 0 Å². The van der Waals surface area contributed by atoms with Gasteiger partial charge in [0.15, 0.2) is 0 Å². The number of anilines is 1. The summed E-state index contributed by atoms with van der Waals surface area (Å²) in [6.45, 7) is 0. The van der Waals surface area contributed by atoms with E-state index in [0.717, 1.165) is 17.4 Å². The van der Waals surface area contributed by atoms with Crippen LogP contribution in [-0.2, 0) is 4.79 Å². The lowest BCUT2D eigenvalue weighted by Gasteiger charge is -2.04. The van der Waals surface area contributed by atoms with E-state index in [1.165, 1.54) is 0 Å². The van der Waals surface area contributed by atoms with E-state index in [1.807, 2.05) is 30.3 Å². The molecule has 0 aliphatic rings. The molecule has 1 amide bonds. The molecular weight excluding hydrogens is 314 g/mol. The van der Waals surface area contributed by atoms with Crippen LogP contribution in [0.25, 0.3) is 0 Å². The summed E-state index contributed by atoms with van der Waals surface area (Å²) >= 11 is 0.939. The highest BCUT2D eigenvalue weighted by atomic mass is 32.2. The standard InChI is InChI=1S/C16H15N3O3S/c20-15(21)10-11-23-16(22)17-12-6-8-14(9-7-12)19-18-13-4-2-1-3-5-13/h1-9H,10-11H2,(H,17,22)(H,20,21). The van der Waals surface area contributed by atoms with E-state index in [4.69, 9.17) is 5.11 Å². The maximum absolute atomic E-state index is 11.6. The van der Waals surface area contributed by atoms with E-state index in [2.05, 4.69) is 15.5 Å². The number of carboxylic acids is 1. The number of benzene rings is 2. The first-order valence-corrected chi connectivity index (χ1v) is 7.84. The van der Waals surface area contributed by atoms with E-state index < -0.39 is 5.97 Å². The second-order valence-corrected chi connectivity index (χ2v) is 5.55. The molecule has 0 atom stereocenters. The summed E-state index contributed by atoms with van der Waals surface area (Å²) < 4.78 is 0. The lowest BCUT2D eigenvalue weighted by Crippen LogP contribution is -2.07. The van der Waals surface area contributed by atoms with Gasteiger partial charge in [-0.15, -0.1) is 0 Å². The highest BCUT2D eigenvalue weighted by molar-refractivity contribution is 8.13. The summed E-state index contributed by atoms with van der Waals surface area (Å²) in [6.07, 6.45) is -0.0447. The number of carboxylic acid groups (broad SMARTS) is 1. The van der Waals surface area contributed by atoms with Crippen molar-refractivity contribution in [3.05, 3.63) is 54.6 Å². The van der Waals surface area contributed by atoms with Gasteiger partial charge >= 0.3 is 5.97 Å². The first-order valence-electron chi connectivity index (χ1n) is 6.86. The molecule has 23 heavy (non-hydrogen) atoms. The molecule has 0 spiro atoms. The van der Waals surface area contributed by atoms with E-state index in [9.17, 15) is 9.59 Å². The molecule has 0 unspecified atom stereocenters. The lowest BCUT2D eigenvalue weighted by atomic mass is 10.3. The Kier molecular flexibility index (Phi) is 6.31. The molecule has 0 aliphatic heterocycles. The maximum Gasteiger partial charge on any atom is 0.304 e. The third-order valence-corrected chi connectivity index (χ3v) is 3.47. The van der Waals surface area contributed by atoms with Crippen molar-refractivity contribution >= 4 is 40.0 Å². The summed E-state index contributed by atoms with van der Waals surface area (Å²) in [7, 11) is 0. The van der Waals surface area contributed by atoms with Gasteiger partial charge in [0.25, 0.3) is 5.24 Å². The van der Waals surface area contributed by atoms with Gasteiger partial charge in [-0.3, -0.25) is 9.59 Å². The molecule has 2 N–H and O–H groups in total. The van der Waals surface area contributed by atoms with E-state index >= 15 is 0 Å². The van der Waals surface area contributed by atoms with E-state index in [-0.39, 0.29) is 17.4 Å². The Balaban J connectivity index is 1.86. The normalized spacial score (nSPS) is 10.6. The predicted molar refractivity (Wildman–Crippen MR) is 90.8 cm³/mol. The summed E-state index contributed by atoms with van der Waals surface area (Å²) in [5.41, 5.74) is 2.06. The molecule has 7 heteroatoms. The first-order chi connectivity index (χ1) is 11.1. The fourth-order valence-electron chi connectivity index (χ4n) is 1.61. The van der Waals surface area contributed by atoms with Crippen LogP contribution in [0, 0.1) is 0 Å². The first kappa shape index (κ1) is 16.7. The monoisotopic (exact) mass is 329 g/mol. The number of thioether (sulfide) groups is 1. The topological polar surface area (TPSA) is 91.1 Å². The highest BCUT2D eigenvalue weighted by Gasteiger charge is 2.05. The van der Waals surface area contributed by atoms with Crippen LogP contribution in [0.5, 0.6) is 0 Å². The smallest absolute Gasteiger partial charge is 0.304 e. The Morgan fingerprint density at radius 2 is 1.57 bits per heavy atom. The summed E-state index contributed by atoms with van der Waals surface area (Å²) in [5.74, 6) is -0.678. The Labute approximate surface area is 137 Å². The zero-order chi connectivity index (χ0) is 16.5. The molecule has 0 aliphatic carbocycles. The second-order valence-electron chi connectivity index (χ2n) is 4.49. The molecule has 0 aromatic heterocycles. The van der Waals surface area contributed by atoms with Crippen LogP contribution in [0.1, 0.15) is 6.42 Å². The Hall–Kier alpha value is -2.67. The fraction of sp³-hybridized carbons (Fsp3) is 0.125. The molecular formula is C16H15N3O3S. The summed E-state index contributed by atoms with van der Waals surface area (Å²) in [5, 5.41) is 19.1. The van der Waals surface area contributed by atoms with Gasteiger partial charge in [-0.25, -0.2) is 0 Å². The van der Waals surface area contributed by atoms with Crippen LogP contribution in [0.4, 0.5) is 21.9 Å². The molecule has 6 nitrogen and oxygen atoms in total. The number of azo groups is 1. The van der Waals surface area contributed by atoms with E-state index in [1.54, 1.807) is 24.3 Å². The van der Waals surface area contributed by atoms with Gasteiger partial charge in [-0.2, -0.15) is 10.2 Å². The van der Waals surface area contributed by atoms with Gasteiger partial charge in [0.1, 0.15) is 0 Å². The zero-order valence-electron chi connectivity index (χ0n) is 12.2. The molecule has 0 saturated carbocycles. The zero-order valence-corrected chi connectivity index (χ0v) is 13.0. The molecule has 0 bridgehead atoms. The van der Waals surface area contributed by atoms with Crippen LogP contribution in [0.2, 0.25) is 0 Å². The minimum Gasteiger partial charge on any atom is -0.481 e. The van der Waals surface area contributed by atoms with Crippen LogP contribution < -0.4 is 5.32 Å². The largest absolute Gasteiger partial charge is 0.481 e. The van der Waals surface area contributed by atoms with Crippen molar-refractivity contribution in [1.29, 1.82) is 0 Å². The van der Waals surface area contributed by atoms with Crippen molar-refractivity contribution in [3.63, 3.8) is 0 Å². The number of nitrogens with zero attached hydrogens (tertiary/aromatic N) is 2.